The molecule has 9 rings (SSSR count). The van der Waals surface area contributed by atoms with Gasteiger partial charge in [-0.05, 0) is 103 Å². The van der Waals surface area contributed by atoms with E-state index in [0.717, 1.165) is 39.0 Å². The molecule has 0 radical (unpaired) electrons. The summed E-state index contributed by atoms with van der Waals surface area (Å²) in [5.41, 5.74) is 10.4. The van der Waals surface area contributed by atoms with Crippen molar-refractivity contribution in [2.45, 2.75) is 52.4 Å². The number of rotatable bonds is 9. The lowest BCUT2D eigenvalue weighted by molar-refractivity contribution is 0.0992. The van der Waals surface area contributed by atoms with Crippen LogP contribution >= 0.6 is 0 Å². The molecule has 13 heteroatoms. The normalized spacial score (nSPS) is 11.7. The number of nitrogens with zero attached hydrogens (tertiary/aromatic N) is 9. The summed E-state index contributed by atoms with van der Waals surface area (Å²) in [4.78, 5) is 75.3. The molecule has 0 saturated carbocycles. The van der Waals surface area contributed by atoms with E-state index in [9.17, 15) is 14.4 Å². The van der Waals surface area contributed by atoms with E-state index in [4.69, 9.17) is 9.40 Å². The monoisotopic (exact) mass is 913 g/mol. The van der Waals surface area contributed by atoms with Crippen LogP contribution in [0.1, 0.15) is 84.0 Å². The van der Waals surface area contributed by atoms with Crippen molar-refractivity contribution in [3.8, 4) is 33.8 Å². The molecule has 0 aliphatic rings. The molecule has 0 unspecified atom stereocenters. The van der Waals surface area contributed by atoms with Gasteiger partial charge in [0.15, 0.2) is 5.58 Å². The highest BCUT2D eigenvalue weighted by Gasteiger charge is 2.25. The molecule has 0 fully saturated rings. The zero-order valence-electron chi connectivity index (χ0n) is 40.0. The SMILES string of the molecule is CN(C(=O)c1cc(C(=O)N(C)c2ccc(-c3ccc(C(C)(C)C)nc3)nc2)cc(C(=O)N(C)c2ccc(-c3ccc4c(c3)oc3cccnc34)nc2)c1)c1ccc(-c2ccc(C(C)(C)C)nc2)nc1. The molecule has 9 aromatic rings. The predicted molar refractivity (Wildman–Crippen MR) is 272 cm³/mol. The second-order valence-corrected chi connectivity index (χ2v) is 19.1. The van der Waals surface area contributed by atoms with Crippen LogP contribution in [0.25, 0.3) is 55.8 Å². The number of furan rings is 1. The van der Waals surface area contributed by atoms with Crippen LogP contribution in [-0.4, -0.2) is 68.8 Å². The Labute approximate surface area is 400 Å². The summed E-state index contributed by atoms with van der Waals surface area (Å²) < 4.78 is 6.05. The van der Waals surface area contributed by atoms with Gasteiger partial charge in [0.1, 0.15) is 11.1 Å². The Morgan fingerprint density at radius 2 is 0.855 bits per heavy atom. The predicted octanol–water partition coefficient (Wildman–Crippen LogP) is 11.4. The third kappa shape index (κ3) is 9.31. The molecule has 69 heavy (non-hydrogen) atoms. The summed E-state index contributed by atoms with van der Waals surface area (Å²) >= 11 is 0. The lowest BCUT2D eigenvalue weighted by atomic mass is 9.91. The fraction of sp³-hybridized carbons (Fsp3) is 0.196. The van der Waals surface area contributed by atoms with Gasteiger partial charge in [-0.3, -0.25) is 44.3 Å². The molecule has 0 saturated heterocycles. The van der Waals surface area contributed by atoms with E-state index < -0.39 is 17.7 Å². The fourth-order valence-electron chi connectivity index (χ4n) is 7.93. The first-order valence-electron chi connectivity index (χ1n) is 22.5. The molecule has 0 aliphatic heterocycles. The zero-order valence-corrected chi connectivity index (χ0v) is 40.0. The molecule has 344 valence electrons. The van der Waals surface area contributed by atoms with E-state index in [1.807, 2.05) is 72.8 Å². The number of pyridine rings is 6. The summed E-state index contributed by atoms with van der Waals surface area (Å²) in [7, 11) is 4.88. The molecular weight excluding hydrogens is 863 g/mol. The zero-order chi connectivity index (χ0) is 48.8. The molecule has 0 N–H and O–H groups in total. The van der Waals surface area contributed by atoms with Crippen LogP contribution in [0.4, 0.5) is 17.1 Å². The molecule has 3 amide bonds. The summed E-state index contributed by atoms with van der Waals surface area (Å²) in [6, 6.07) is 32.9. The molecule has 0 spiro atoms. The first-order valence-corrected chi connectivity index (χ1v) is 22.5. The van der Waals surface area contributed by atoms with Crippen molar-refractivity contribution < 1.29 is 18.8 Å². The van der Waals surface area contributed by atoms with Crippen molar-refractivity contribution in [3.63, 3.8) is 0 Å². The molecule has 2 aromatic carbocycles. The van der Waals surface area contributed by atoms with Crippen LogP contribution in [0.2, 0.25) is 0 Å². The van der Waals surface area contributed by atoms with Crippen molar-refractivity contribution in [1.29, 1.82) is 0 Å². The van der Waals surface area contributed by atoms with Crippen LogP contribution < -0.4 is 14.7 Å². The first-order chi connectivity index (χ1) is 32.9. The summed E-state index contributed by atoms with van der Waals surface area (Å²) in [5.74, 6) is -1.35. The number of aromatic nitrogens is 6. The van der Waals surface area contributed by atoms with Crippen LogP contribution in [0.15, 0.2) is 151 Å². The lowest BCUT2D eigenvalue weighted by Crippen LogP contribution is -2.31. The maximum absolute atomic E-state index is 14.5. The van der Waals surface area contributed by atoms with Crippen LogP contribution in [-0.2, 0) is 10.8 Å². The Morgan fingerprint density at radius 3 is 1.23 bits per heavy atom. The van der Waals surface area contributed by atoms with E-state index in [-0.39, 0.29) is 27.5 Å². The minimum atomic E-state index is -0.455. The van der Waals surface area contributed by atoms with Crippen molar-refractivity contribution in [1.82, 2.24) is 29.9 Å². The van der Waals surface area contributed by atoms with E-state index in [2.05, 4.69) is 66.5 Å². The van der Waals surface area contributed by atoms with Gasteiger partial charge in [0.05, 0.1) is 52.7 Å². The Balaban J connectivity index is 0.997. The molecule has 0 bridgehead atoms. The quantitative estimate of drug-likeness (QED) is 0.137. The van der Waals surface area contributed by atoms with Crippen molar-refractivity contribution in [2.75, 3.05) is 35.8 Å². The molecule has 0 atom stereocenters. The highest BCUT2D eigenvalue weighted by Crippen LogP contribution is 2.32. The van der Waals surface area contributed by atoms with Crippen LogP contribution in [0.5, 0.6) is 0 Å². The maximum atomic E-state index is 14.5. The van der Waals surface area contributed by atoms with Gasteiger partial charge in [0.25, 0.3) is 17.7 Å². The smallest absolute Gasteiger partial charge is 0.258 e. The minimum absolute atomic E-state index is 0.0910. The second-order valence-electron chi connectivity index (χ2n) is 19.1. The average Bonchev–Trinajstić information content (AvgIpc) is 3.75. The van der Waals surface area contributed by atoms with Crippen molar-refractivity contribution in [2.24, 2.45) is 0 Å². The molecule has 13 nitrogen and oxygen atoms in total. The first kappa shape index (κ1) is 45.7. The standard InChI is InChI=1S/C56H51N9O4/c1-55(2,3)49-22-13-35(29-61-49)45-20-16-41(32-59-45)64(8)53(67)38-25-37(26-39(27-38)54(68)65(9)42-17-21-46(60-33-42)36-14-23-50(62-30-36)56(4,5)6)52(66)63(7)40-15-19-44(58-31-40)34-12-18-43-48(28-34)69-47-11-10-24-57-51(43)47/h10-33H,1-9H3. The minimum Gasteiger partial charge on any atom is -0.454 e. The number of amides is 3. The van der Waals surface area contributed by atoms with Gasteiger partial charge < -0.3 is 19.1 Å². The van der Waals surface area contributed by atoms with Gasteiger partial charge in [-0.15, -0.1) is 0 Å². The van der Waals surface area contributed by atoms with Crippen molar-refractivity contribution in [3.05, 3.63) is 174 Å². The number of benzene rings is 2. The van der Waals surface area contributed by atoms with Gasteiger partial charge >= 0.3 is 0 Å². The third-order valence-corrected chi connectivity index (χ3v) is 12.2. The molecule has 7 aromatic heterocycles. The Morgan fingerprint density at radius 1 is 0.435 bits per heavy atom. The Bertz CT molecular complexity index is 3240. The number of carbonyl (C=O) groups excluding carboxylic acids is 3. The summed E-state index contributed by atoms with van der Waals surface area (Å²) in [6.45, 7) is 12.7. The van der Waals surface area contributed by atoms with Gasteiger partial charge in [0, 0.05) is 101 Å². The van der Waals surface area contributed by atoms with Crippen LogP contribution in [0.3, 0.4) is 0 Å². The van der Waals surface area contributed by atoms with E-state index >= 15 is 0 Å². The fourth-order valence-corrected chi connectivity index (χ4v) is 7.93. The van der Waals surface area contributed by atoms with Gasteiger partial charge in [-0.1, -0.05) is 47.6 Å². The maximum Gasteiger partial charge on any atom is 0.258 e. The van der Waals surface area contributed by atoms with Gasteiger partial charge in [-0.25, -0.2) is 0 Å². The number of carbonyl (C=O) groups is 3. The number of hydrogen-bond donors (Lipinski definition) is 0. The average molecular weight is 914 g/mol. The molecule has 0 aliphatic carbocycles. The number of anilines is 3. The van der Waals surface area contributed by atoms with Crippen LogP contribution in [0, 0.1) is 0 Å². The summed E-state index contributed by atoms with van der Waals surface area (Å²) in [6.07, 6.45) is 10.2. The molecular formula is C56H51N9O4. The van der Waals surface area contributed by atoms with E-state index in [1.54, 1.807) is 76.5 Å². The Kier molecular flexibility index (Phi) is 11.9. The largest absolute Gasteiger partial charge is 0.454 e. The Hall–Kier alpha value is -8.45. The van der Waals surface area contributed by atoms with Gasteiger partial charge in [0.2, 0.25) is 0 Å². The summed E-state index contributed by atoms with van der Waals surface area (Å²) in [5, 5.41) is 0.905. The molecule has 7 heterocycles. The second kappa shape index (κ2) is 18.0. The number of fused-ring (bicyclic) bond motifs is 3. The lowest BCUT2D eigenvalue weighted by Gasteiger charge is -2.22. The number of hydrogen-bond acceptors (Lipinski definition) is 10. The third-order valence-electron chi connectivity index (χ3n) is 12.2. The van der Waals surface area contributed by atoms with E-state index in [1.165, 1.54) is 32.9 Å². The van der Waals surface area contributed by atoms with Gasteiger partial charge in [-0.2, -0.15) is 0 Å². The topological polar surface area (TPSA) is 151 Å². The highest BCUT2D eigenvalue weighted by molar-refractivity contribution is 6.14. The van der Waals surface area contributed by atoms with Crippen molar-refractivity contribution >= 4 is 56.9 Å². The highest BCUT2D eigenvalue weighted by atomic mass is 16.3. The van der Waals surface area contributed by atoms with E-state index in [0.29, 0.717) is 45.3 Å².